The van der Waals surface area contributed by atoms with Crippen molar-refractivity contribution in [2.45, 2.75) is 19.8 Å². The van der Waals surface area contributed by atoms with E-state index in [4.69, 9.17) is 0 Å². The molecule has 0 aliphatic heterocycles. The zero-order chi connectivity index (χ0) is 7.40. The van der Waals surface area contributed by atoms with Crippen molar-refractivity contribution < 1.29 is 0 Å². The maximum Gasteiger partial charge on any atom is 0.000232 e. The second kappa shape index (κ2) is 3.77. The Morgan fingerprint density at radius 2 is 2.10 bits per heavy atom. The maximum atomic E-state index is 3.49. The van der Waals surface area contributed by atoms with E-state index in [-0.39, 0.29) is 0 Å². The number of rotatable bonds is 1. The van der Waals surface area contributed by atoms with E-state index in [0.29, 0.717) is 0 Å². The van der Waals surface area contributed by atoms with Gasteiger partial charge in [-0.05, 0) is 10.9 Å². The molecule has 0 aromatic heterocycles. The third-order valence-corrected chi connectivity index (χ3v) is 2.11. The standard InChI is InChI=1S/C9H11Br/c1-2-8-5-3-4-6-9(10)7-8/h3-6H,2,7H2,1H3. The number of hydrogen-bond donors (Lipinski definition) is 0. The molecule has 0 radical (unpaired) electrons. The van der Waals surface area contributed by atoms with Crippen LogP contribution in [0.2, 0.25) is 0 Å². The van der Waals surface area contributed by atoms with Crippen molar-refractivity contribution in [1.29, 1.82) is 0 Å². The molecular weight excluding hydrogens is 188 g/mol. The first kappa shape index (κ1) is 7.80. The van der Waals surface area contributed by atoms with Crippen molar-refractivity contribution in [2.24, 2.45) is 0 Å². The van der Waals surface area contributed by atoms with E-state index in [1.54, 1.807) is 0 Å². The van der Waals surface area contributed by atoms with Gasteiger partial charge in [-0.1, -0.05) is 52.7 Å². The zero-order valence-corrected chi connectivity index (χ0v) is 7.69. The van der Waals surface area contributed by atoms with Gasteiger partial charge in [0.05, 0.1) is 0 Å². The van der Waals surface area contributed by atoms with Crippen LogP contribution in [-0.2, 0) is 0 Å². The zero-order valence-electron chi connectivity index (χ0n) is 6.10. The molecule has 0 unspecified atom stereocenters. The SMILES string of the molecule is CCC1=CC=CC=C(Br)C1. The summed E-state index contributed by atoms with van der Waals surface area (Å²) in [7, 11) is 0. The van der Waals surface area contributed by atoms with Crippen molar-refractivity contribution in [1.82, 2.24) is 0 Å². The van der Waals surface area contributed by atoms with E-state index < -0.39 is 0 Å². The molecule has 0 saturated heterocycles. The Labute approximate surface area is 70.5 Å². The first-order valence-electron chi connectivity index (χ1n) is 3.53. The van der Waals surface area contributed by atoms with Gasteiger partial charge >= 0.3 is 0 Å². The lowest BCUT2D eigenvalue weighted by Gasteiger charge is -1.99. The quantitative estimate of drug-likeness (QED) is 0.605. The monoisotopic (exact) mass is 198 g/mol. The molecule has 0 saturated carbocycles. The first-order valence-corrected chi connectivity index (χ1v) is 4.33. The Hall–Kier alpha value is -0.300. The second-order valence-corrected chi connectivity index (χ2v) is 3.37. The lowest BCUT2D eigenvalue weighted by Crippen LogP contribution is -1.78. The Bertz CT molecular complexity index is 197. The fraction of sp³-hybridized carbons (Fsp3) is 0.333. The van der Waals surface area contributed by atoms with E-state index in [0.717, 1.165) is 12.8 Å². The van der Waals surface area contributed by atoms with E-state index >= 15 is 0 Å². The summed E-state index contributed by atoms with van der Waals surface area (Å²) >= 11 is 3.49. The van der Waals surface area contributed by atoms with E-state index in [9.17, 15) is 0 Å². The minimum atomic E-state index is 1.07. The summed E-state index contributed by atoms with van der Waals surface area (Å²) in [5, 5.41) is 0. The highest BCUT2D eigenvalue weighted by molar-refractivity contribution is 9.11. The summed E-state index contributed by atoms with van der Waals surface area (Å²) < 4.78 is 1.27. The van der Waals surface area contributed by atoms with Crippen molar-refractivity contribution in [2.75, 3.05) is 0 Å². The molecule has 0 aromatic carbocycles. The summed E-state index contributed by atoms with van der Waals surface area (Å²) in [6.07, 6.45) is 10.7. The van der Waals surface area contributed by atoms with Gasteiger partial charge < -0.3 is 0 Å². The van der Waals surface area contributed by atoms with Crippen molar-refractivity contribution in [3.8, 4) is 0 Å². The highest BCUT2D eigenvalue weighted by atomic mass is 79.9. The lowest BCUT2D eigenvalue weighted by atomic mass is 10.1. The Morgan fingerprint density at radius 1 is 1.40 bits per heavy atom. The third kappa shape index (κ3) is 2.14. The van der Waals surface area contributed by atoms with Gasteiger partial charge in [0.2, 0.25) is 0 Å². The summed E-state index contributed by atoms with van der Waals surface area (Å²) in [5.74, 6) is 0. The minimum absolute atomic E-state index is 1.07. The van der Waals surface area contributed by atoms with Crippen LogP contribution < -0.4 is 0 Å². The number of hydrogen-bond acceptors (Lipinski definition) is 0. The molecule has 1 aliphatic carbocycles. The van der Waals surface area contributed by atoms with Gasteiger partial charge in [0.1, 0.15) is 0 Å². The molecule has 0 fully saturated rings. The predicted molar refractivity (Wildman–Crippen MR) is 49.1 cm³/mol. The Balaban J connectivity index is 2.72. The van der Waals surface area contributed by atoms with Gasteiger partial charge in [0, 0.05) is 6.42 Å². The predicted octanol–water partition coefficient (Wildman–Crippen LogP) is 3.56. The molecule has 10 heavy (non-hydrogen) atoms. The largest absolute Gasteiger partial charge is 0.0656 e. The molecule has 1 heteroatoms. The summed E-state index contributed by atoms with van der Waals surface area (Å²) in [6, 6.07) is 0. The van der Waals surface area contributed by atoms with Gasteiger partial charge in [-0.2, -0.15) is 0 Å². The lowest BCUT2D eigenvalue weighted by molar-refractivity contribution is 1.03. The van der Waals surface area contributed by atoms with Gasteiger partial charge in [-0.3, -0.25) is 0 Å². The van der Waals surface area contributed by atoms with Crippen molar-refractivity contribution in [3.05, 3.63) is 34.4 Å². The van der Waals surface area contributed by atoms with Crippen LogP contribution in [-0.4, -0.2) is 0 Å². The van der Waals surface area contributed by atoms with Crippen LogP contribution in [0.1, 0.15) is 19.8 Å². The highest BCUT2D eigenvalue weighted by Gasteiger charge is 1.97. The van der Waals surface area contributed by atoms with Crippen molar-refractivity contribution >= 4 is 15.9 Å². The average Bonchev–Trinajstić information content (AvgIpc) is 2.13. The first-order chi connectivity index (χ1) is 4.83. The number of allylic oxidation sites excluding steroid dienone is 6. The van der Waals surface area contributed by atoms with Crippen LogP contribution in [0.5, 0.6) is 0 Å². The van der Waals surface area contributed by atoms with Gasteiger partial charge in [0.25, 0.3) is 0 Å². The number of halogens is 1. The van der Waals surface area contributed by atoms with Gasteiger partial charge in [0.15, 0.2) is 0 Å². The maximum absolute atomic E-state index is 3.49. The normalized spacial score (nSPS) is 17.8. The second-order valence-electron chi connectivity index (χ2n) is 2.35. The van der Waals surface area contributed by atoms with Crippen LogP contribution in [0.25, 0.3) is 0 Å². The molecule has 54 valence electrons. The Kier molecular flexibility index (Phi) is 2.94. The minimum Gasteiger partial charge on any atom is -0.0656 e. The van der Waals surface area contributed by atoms with Crippen LogP contribution >= 0.6 is 15.9 Å². The smallest absolute Gasteiger partial charge is 0.000232 e. The molecule has 0 spiro atoms. The summed E-state index contributed by atoms with van der Waals surface area (Å²) in [5.41, 5.74) is 1.48. The fourth-order valence-corrected chi connectivity index (χ4v) is 1.44. The van der Waals surface area contributed by atoms with Gasteiger partial charge in [-0.25, -0.2) is 0 Å². The van der Waals surface area contributed by atoms with Crippen LogP contribution in [0.4, 0.5) is 0 Å². The van der Waals surface area contributed by atoms with Crippen molar-refractivity contribution in [3.63, 3.8) is 0 Å². The van der Waals surface area contributed by atoms with Crippen LogP contribution in [0, 0.1) is 0 Å². The molecule has 1 aliphatic rings. The van der Waals surface area contributed by atoms with E-state index in [1.165, 1.54) is 10.1 Å². The Morgan fingerprint density at radius 3 is 2.80 bits per heavy atom. The topological polar surface area (TPSA) is 0 Å². The molecule has 0 atom stereocenters. The molecule has 0 amide bonds. The summed E-state index contributed by atoms with van der Waals surface area (Å²) in [4.78, 5) is 0. The molecule has 0 nitrogen and oxygen atoms in total. The third-order valence-electron chi connectivity index (χ3n) is 1.57. The molecule has 1 rings (SSSR count). The molecule has 0 aromatic rings. The van der Waals surface area contributed by atoms with Crippen LogP contribution in [0.15, 0.2) is 34.4 Å². The fourth-order valence-electron chi connectivity index (χ4n) is 0.929. The molecule has 0 heterocycles. The van der Waals surface area contributed by atoms with E-state index in [1.807, 2.05) is 0 Å². The van der Waals surface area contributed by atoms with Gasteiger partial charge in [-0.15, -0.1) is 0 Å². The summed E-state index contributed by atoms with van der Waals surface area (Å²) in [6.45, 7) is 2.19. The van der Waals surface area contributed by atoms with E-state index in [2.05, 4.69) is 47.2 Å². The molecular formula is C9H11Br. The average molecular weight is 199 g/mol. The molecule has 0 N–H and O–H groups in total. The van der Waals surface area contributed by atoms with Crippen LogP contribution in [0.3, 0.4) is 0 Å². The highest BCUT2D eigenvalue weighted by Crippen LogP contribution is 2.21. The molecule has 0 bridgehead atoms.